The average molecular weight is 352 g/mol. The summed E-state index contributed by atoms with van der Waals surface area (Å²) in [5, 5.41) is 17.5. The molecule has 0 unspecified atom stereocenters. The van der Waals surface area contributed by atoms with Gasteiger partial charge in [-0.05, 0) is 31.0 Å². The van der Waals surface area contributed by atoms with E-state index in [9.17, 15) is 10.1 Å². The minimum Gasteiger partial charge on any atom is -0.295 e. The van der Waals surface area contributed by atoms with Crippen molar-refractivity contribution < 1.29 is 4.92 Å². The van der Waals surface area contributed by atoms with E-state index in [0.717, 1.165) is 32.7 Å². The Hall–Kier alpha value is -2.73. The lowest BCUT2D eigenvalue weighted by atomic mass is 10.1. The number of hydrogen-bond donors (Lipinski definition) is 0. The van der Waals surface area contributed by atoms with Gasteiger partial charge in [-0.15, -0.1) is 0 Å². The molecule has 1 heterocycles. The van der Waals surface area contributed by atoms with Crippen LogP contribution in [0.3, 0.4) is 0 Å². The molecular formula is C20H24N4O2. The lowest BCUT2D eigenvalue weighted by Gasteiger charge is -2.33. The van der Waals surface area contributed by atoms with Gasteiger partial charge in [-0.3, -0.25) is 20.0 Å². The van der Waals surface area contributed by atoms with Gasteiger partial charge in [0.2, 0.25) is 0 Å². The molecule has 0 atom stereocenters. The zero-order valence-corrected chi connectivity index (χ0v) is 15.3. The SMILES string of the molecule is Cc1ccc(CN2CCN(/N=C\c3ccccc3[N+](=O)[O-])CC2)c(C)c1. The smallest absolute Gasteiger partial charge is 0.278 e. The highest BCUT2D eigenvalue weighted by Gasteiger charge is 2.17. The van der Waals surface area contributed by atoms with E-state index in [0.29, 0.717) is 5.56 Å². The van der Waals surface area contributed by atoms with Crippen molar-refractivity contribution in [3.63, 3.8) is 0 Å². The van der Waals surface area contributed by atoms with E-state index in [2.05, 4.69) is 42.0 Å². The quantitative estimate of drug-likeness (QED) is 0.470. The van der Waals surface area contributed by atoms with Gasteiger partial charge < -0.3 is 0 Å². The number of rotatable bonds is 5. The molecule has 3 rings (SSSR count). The highest BCUT2D eigenvalue weighted by atomic mass is 16.6. The topological polar surface area (TPSA) is 62.0 Å². The number of nitro groups is 1. The number of hydrogen-bond acceptors (Lipinski definition) is 5. The molecule has 26 heavy (non-hydrogen) atoms. The Bertz CT molecular complexity index is 811. The van der Waals surface area contributed by atoms with Crippen LogP contribution >= 0.6 is 0 Å². The van der Waals surface area contributed by atoms with Crippen LogP contribution in [0.4, 0.5) is 5.69 Å². The Labute approximate surface area is 153 Å². The minimum atomic E-state index is -0.372. The number of benzene rings is 2. The molecule has 136 valence electrons. The van der Waals surface area contributed by atoms with Gasteiger partial charge in [0.1, 0.15) is 0 Å². The standard InChI is InChI=1S/C20H24N4O2/c1-16-7-8-19(17(2)13-16)15-22-9-11-23(12-10-22)21-14-18-5-3-4-6-20(18)24(25)26/h3-8,13-14H,9-12,15H2,1-2H3/b21-14-. The Morgan fingerprint density at radius 3 is 2.54 bits per heavy atom. The first-order chi connectivity index (χ1) is 12.5. The van der Waals surface area contributed by atoms with Crippen molar-refractivity contribution in [3.05, 3.63) is 74.8 Å². The van der Waals surface area contributed by atoms with Crippen molar-refractivity contribution in [2.75, 3.05) is 26.2 Å². The van der Waals surface area contributed by atoms with E-state index >= 15 is 0 Å². The average Bonchev–Trinajstić information content (AvgIpc) is 2.63. The molecule has 0 spiro atoms. The molecule has 0 N–H and O–H groups in total. The molecule has 0 saturated carbocycles. The molecule has 1 fully saturated rings. The van der Waals surface area contributed by atoms with Crippen LogP contribution in [0, 0.1) is 24.0 Å². The maximum absolute atomic E-state index is 11.1. The molecule has 6 heteroatoms. The number of nitrogens with zero attached hydrogens (tertiary/aromatic N) is 4. The third-order valence-electron chi connectivity index (χ3n) is 4.73. The third kappa shape index (κ3) is 4.46. The zero-order chi connectivity index (χ0) is 18.5. The highest BCUT2D eigenvalue weighted by molar-refractivity contribution is 5.84. The molecule has 2 aromatic carbocycles. The summed E-state index contributed by atoms with van der Waals surface area (Å²) >= 11 is 0. The second-order valence-corrected chi connectivity index (χ2v) is 6.72. The molecule has 1 saturated heterocycles. The van der Waals surface area contributed by atoms with E-state index in [-0.39, 0.29) is 10.6 Å². The number of hydrazone groups is 1. The molecule has 0 aromatic heterocycles. The van der Waals surface area contributed by atoms with Crippen LogP contribution in [-0.4, -0.2) is 47.2 Å². The van der Waals surface area contributed by atoms with Crippen LogP contribution in [0.25, 0.3) is 0 Å². The Morgan fingerprint density at radius 1 is 1.12 bits per heavy atom. The van der Waals surface area contributed by atoms with Crippen molar-refractivity contribution in [1.82, 2.24) is 9.91 Å². The Kier molecular flexibility index (Phi) is 5.63. The molecular weight excluding hydrogens is 328 g/mol. The van der Waals surface area contributed by atoms with Crippen molar-refractivity contribution in [2.45, 2.75) is 20.4 Å². The van der Waals surface area contributed by atoms with Gasteiger partial charge in [0.05, 0.1) is 16.7 Å². The summed E-state index contributed by atoms with van der Waals surface area (Å²) in [4.78, 5) is 13.1. The minimum absolute atomic E-state index is 0.0877. The number of nitro benzene ring substituents is 1. The van der Waals surface area contributed by atoms with Crippen LogP contribution in [-0.2, 0) is 6.54 Å². The van der Waals surface area contributed by atoms with Gasteiger partial charge in [-0.1, -0.05) is 35.9 Å². The van der Waals surface area contributed by atoms with E-state index in [1.54, 1.807) is 24.4 Å². The summed E-state index contributed by atoms with van der Waals surface area (Å²) in [5.74, 6) is 0. The van der Waals surface area contributed by atoms with Crippen LogP contribution in [0.2, 0.25) is 0 Å². The maximum Gasteiger partial charge on any atom is 0.278 e. The Balaban J connectivity index is 1.56. The largest absolute Gasteiger partial charge is 0.295 e. The highest BCUT2D eigenvalue weighted by Crippen LogP contribution is 2.17. The second-order valence-electron chi connectivity index (χ2n) is 6.72. The first-order valence-corrected chi connectivity index (χ1v) is 8.84. The van der Waals surface area contributed by atoms with Gasteiger partial charge in [-0.2, -0.15) is 5.10 Å². The van der Waals surface area contributed by atoms with Gasteiger partial charge in [0.25, 0.3) is 5.69 Å². The van der Waals surface area contributed by atoms with E-state index in [1.807, 2.05) is 5.01 Å². The molecule has 0 aliphatic carbocycles. The Morgan fingerprint density at radius 2 is 1.85 bits per heavy atom. The van der Waals surface area contributed by atoms with Crippen LogP contribution < -0.4 is 0 Å². The van der Waals surface area contributed by atoms with Gasteiger partial charge in [0.15, 0.2) is 0 Å². The van der Waals surface area contributed by atoms with Gasteiger partial charge in [0, 0.05) is 38.8 Å². The number of para-hydroxylation sites is 1. The summed E-state index contributed by atoms with van der Waals surface area (Å²) in [6.07, 6.45) is 1.60. The number of aryl methyl sites for hydroxylation is 2. The fourth-order valence-electron chi connectivity index (χ4n) is 3.18. The summed E-state index contributed by atoms with van der Waals surface area (Å²) in [7, 11) is 0. The monoisotopic (exact) mass is 352 g/mol. The lowest BCUT2D eigenvalue weighted by molar-refractivity contribution is -0.385. The van der Waals surface area contributed by atoms with Crippen LogP contribution in [0.15, 0.2) is 47.6 Å². The van der Waals surface area contributed by atoms with E-state index < -0.39 is 0 Å². The van der Waals surface area contributed by atoms with Crippen molar-refractivity contribution in [2.24, 2.45) is 5.10 Å². The molecule has 1 aliphatic heterocycles. The van der Waals surface area contributed by atoms with Crippen molar-refractivity contribution >= 4 is 11.9 Å². The first-order valence-electron chi connectivity index (χ1n) is 8.84. The maximum atomic E-state index is 11.1. The van der Waals surface area contributed by atoms with Crippen LogP contribution in [0.1, 0.15) is 22.3 Å². The van der Waals surface area contributed by atoms with E-state index in [1.165, 1.54) is 22.8 Å². The second kappa shape index (κ2) is 8.10. The van der Waals surface area contributed by atoms with Crippen LogP contribution in [0.5, 0.6) is 0 Å². The molecule has 0 amide bonds. The third-order valence-corrected chi connectivity index (χ3v) is 4.73. The van der Waals surface area contributed by atoms with Crippen molar-refractivity contribution in [1.29, 1.82) is 0 Å². The predicted molar refractivity (Wildman–Crippen MR) is 103 cm³/mol. The van der Waals surface area contributed by atoms with E-state index in [4.69, 9.17) is 0 Å². The van der Waals surface area contributed by atoms with Crippen molar-refractivity contribution in [3.8, 4) is 0 Å². The molecule has 0 radical (unpaired) electrons. The van der Waals surface area contributed by atoms with Gasteiger partial charge >= 0.3 is 0 Å². The molecule has 6 nitrogen and oxygen atoms in total. The molecule has 0 bridgehead atoms. The summed E-state index contributed by atoms with van der Waals surface area (Å²) in [6, 6.07) is 13.3. The fraction of sp³-hybridized carbons (Fsp3) is 0.350. The summed E-state index contributed by atoms with van der Waals surface area (Å²) in [6.45, 7) is 8.74. The summed E-state index contributed by atoms with van der Waals surface area (Å²) < 4.78 is 0. The fourth-order valence-corrected chi connectivity index (χ4v) is 3.18. The lowest BCUT2D eigenvalue weighted by Crippen LogP contribution is -2.43. The molecule has 2 aromatic rings. The first kappa shape index (κ1) is 18.1. The summed E-state index contributed by atoms with van der Waals surface area (Å²) in [5.41, 5.74) is 4.62. The number of piperazine rings is 1. The normalized spacial score (nSPS) is 15.5. The van der Waals surface area contributed by atoms with Gasteiger partial charge in [-0.25, -0.2) is 0 Å². The molecule has 1 aliphatic rings. The predicted octanol–water partition coefficient (Wildman–Crippen LogP) is 3.36. The zero-order valence-electron chi connectivity index (χ0n) is 15.3.